The van der Waals surface area contributed by atoms with E-state index in [4.69, 9.17) is 9.15 Å². The van der Waals surface area contributed by atoms with E-state index in [1.807, 2.05) is 54.8 Å². The molecular formula is C25H22N2O5S. The van der Waals surface area contributed by atoms with Crippen LogP contribution in [0.5, 0.6) is 0 Å². The maximum absolute atomic E-state index is 11.9. The van der Waals surface area contributed by atoms with E-state index in [9.17, 15) is 14.7 Å². The molecule has 33 heavy (non-hydrogen) atoms. The highest BCUT2D eigenvalue weighted by Crippen LogP contribution is 2.32. The molecule has 4 rings (SSSR count). The van der Waals surface area contributed by atoms with Crippen molar-refractivity contribution in [3.05, 3.63) is 82.0 Å². The zero-order chi connectivity index (χ0) is 23.5. The number of rotatable bonds is 7. The lowest BCUT2D eigenvalue weighted by Gasteiger charge is -2.10. The second-order valence-electron chi connectivity index (χ2n) is 7.29. The Bertz CT molecular complexity index is 1330. The van der Waals surface area contributed by atoms with E-state index >= 15 is 0 Å². The molecule has 0 spiro atoms. The molecule has 2 aromatic heterocycles. The molecule has 168 valence electrons. The van der Waals surface area contributed by atoms with Gasteiger partial charge < -0.3 is 18.8 Å². The Kier molecular flexibility index (Phi) is 6.37. The molecule has 0 saturated carbocycles. The highest BCUT2D eigenvalue weighted by Gasteiger charge is 2.17. The Morgan fingerprint density at radius 1 is 1.15 bits per heavy atom. The lowest BCUT2D eigenvalue weighted by molar-refractivity contribution is -0.131. The van der Waals surface area contributed by atoms with Crippen LogP contribution in [-0.4, -0.2) is 33.2 Å². The van der Waals surface area contributed by atoms with Crippen molar-refractivity contribution in [2.24, 2.45) is 0 Å². The van der Waals surface area contributed by atoms with Gasteiger partial charge in [0.1, 0.15) is 10.4 Å². The molecule has 7 nitrogen and oxygen atoms in total. The van der Waals surface area contributed by atoms with E-state index in [1.165, 1.54) is 0 Å². The average molecular weight is 463 g/mol. The fraction of sp³-hybridized carbons (Fsp3) is 0.160. The van der Waals surface area contributed by atoms with E-state index < -0.39 is 5.97 Å². The predicted molar refractivity (Wildman–Crippen MR) is 127 cm³/mol. The largest absolute Gasteiger partial charge is 0.477 e. The van der Waals surface area contributed by atoms with E-state index in [0.717, 1.165) is 34.4 Å². The van der Waals surface area contributed by atoms with Gasteiger partial charge in [0.2, 0.25) is 0 Å². The van der Waals surface area contributed by atoms with Crippen molar-refractivity contribution in [2.75, 3.05) is 6.61 Å². The summed E-state index contributed by atoms with van der Waals surface area (Å²) in [6.45, 7) is 5.95. The molecule has 0 saturated heterocycles. The number of hydrogen-bond donors (Lipinski definition) is 1. The van der Waals surface area contributed by atoms with Crippen LogP contribution in [0.15, 0.2) is 69.1 Å². The molecule has 0 radical (unpaired) electrons. The number of carboxylic acid groups (broad SMARTS) is 1. The number of hydrogen-bond acceptors (Lipinski definition) is 6. The summed E-state index contributed by atoms with van der Waals surface area (Å²) >= 11 is 0.970. The van der Waals surface area contributed by atoms with Gasteiger partial charge in [-0.05, 0) is 86.6 Å². The summed E-state index contributed by atoms with van der Waals surface area (Å²) < 4.78 is 12.7. The minimum atomic E-state index is -1.06. The number of carbonyl (C=O) groups is 2. The summed E-state index contributed by atoms with van der Waals surface area (Å²) in [6.07, 6.45) is 1.62. The second-order valence-corrected chi connectivity index (χ2v) is 8.29. The number of aryl methyl sites for hydroxylation is 1. The summed E-state index contributed by atoms with van der Waals surface area (Å²) in [5.41, 5.74) is 5.19. The highest BCUT2D eigenvalue weighted by atomic mass is 32.2. The molecule has 0 fully saturated rings. The Morgan fingerprint density at radius 2 is 1.88 bits per heavy atom. The maximum Gasteiger partial charge on any atom is 0.342 e. The Hall–Kier alpha value is -3.78. The molecule has 2 heterocycles. The van der Waals surface area contributed by atoms with Crippen molar-refractivity contribution in [2.45, 2.75) is 26.0 Å². The number of thioether (sulfide) groups is 1. The van der Waals surface area contributed by atoms with Gasteiger partial charge in [0.15, 0.2) is 5.58 Å². The Labute approximate surface area is 194 Å². The van der Waals surface area contributed by atoms with Crippen molar-refractivity contribution < 1.29 is 23.8 Å². The zero-order valence-electron chi connectivity index (χ0n) is 18.4. The Balaban J connectivity index is 1.65. The lowest BCUT2D eigenvalue weighted by Crippen LogP contribution is -2.05. The molecule has 8 heteroatoms. The first-order valence-corrected chi connectivity index (χ1v) is 11.1. The van der Waals surface area contributed by atoms with Crippen LogP contribution in [0.1, 0.15) is 34.2 Å². The summed E-state index contributed by atoms with van der Waals surface area (Å²) in [5.74, 6) is -1.43. The normalized spacial score (nSPS) is 11.7. The van der Waals surface area contributed by atoms with Crippen LogP contribution in [-0.2, 0) is 9.53 Å². The monoisotopic (exact) mass is 462 g/mol. The van der Waals surface area contributed by atoms with Gasteiger partial charge in [-0.3, -0.25) is 0 Å². The minimum Gasteiger partial charge on any atom is -0.477 e. The van der Waals surface area contributed by atoms with E-state index in [-0.39, 0.29) is 16.1 Å². The van der Waals surface area contributed by atoms with Crippen molar-refractivity contribution in [3.63, 3.8) is 0 Å². The minimum absolute atomic E-state index is 0.0967. The van der Waals surface area contributed by atoms with Crippen molar-refractivity contribution in [1.29, 1.82) is 0 Å². The summed E-state index contributed by atoms with van der Waals surface area (Å²) in [7, 11) is 0. The van der Waals surface area contributed by atoms with E-state index in [2.05, 4.69) is 4.98 Å². The number of aliphatic carboxylic acids is 1. The number of carbonyl (C=O) groups excluding carboxylic acids is 1. The molecule has 0 bridgehead atoms. The van der Waals surface area contributed by atoms with Crippen molar-refractivity contribution in [1.82, 2.24) is 9.55 Å². The molecule has 0 amide bonds. The number of esters is 1. The molecular weight excluding hydrogens is 440 g/mol. The third-order valence-corrected chi connectivity index (χ3v) is 5.94. The first-order valence-electron chi connectivity index (χ1n) is 10.3. The zero-order valence-corrected chi connectivity index (χ0v) is 19.2. The first kappa shape index (κ1) is 22.4. The van der Waals surface area contributed by atoms with Gasteiger partial charge in [-0.1, -0.05) is 12.1 Å². The second kappa shape index (κ2) is 9.38. The topological polar surface area (TPSA) is 94.6 Å². The molecule has 0 aliphatic carbocycles. The lowest BCUT2D eigenvalue weighted by atomic mass is 10.2. The quantitative estimate of drug-likeness (QED) is 0.216. The Morgan fingerprint density at radius 3 is 2.55 bits per heavy atom. The predicted octanol–water partition coefficient (Wildman–Crippen LogP) is 5.63. The van der Waals surface area contributed by atoms with Crippen LogP contribution in [0, 0.1) is 13.8 Å². The fourth-order valence-electron chi connectivity index (χ4n) is 3.56. The van der Waals surface area contributed by atoms with E-state index in [0.29, 0.717) is 23.3 Å². The number of ether oxygens (including phenoxy) is 1. The average Bonchev–Trinajstić information content (AvgIpc) is 3.33. The van der Waals surface area contributed by atoms with Gasteiger partial charge in [-0.25, -0.2) is 14.6 Å². The third kappa shape index (κ3) is 4.70. The van der Waals surface area contributed by atoms with Crippen LogP contribution in [0.4, 0.5) is 0 Å². The third-order valence-electron chi connectivity index (χ3n) is 5.08. The van der Waals surface area contributed by atoms with Gasteiger partial charge in [-0.15, -0.1) is 0 Å². The van der Waals surface area contributed by atoms with Gasteiger partial charge in [-0.2, -0.15) is 0 Å². The molecule has 2 aromatic carbocycles. The molecule has 0 aliphatic heterocycles. The summed E-state index contributed by atoms with van der Waals surface area (Å²) in [5, 5.41) is 10.0. The first-order chi connectivity index (χ1) is 15.9. The number of fused-ring (bicyclic) bond motifs is 1. The number of para-hydroxylation sites is 2. The number of oxazole rings is 1. The summed E-state index contributed by atoms with van der Waals surface area (Å²) in [4.78, 5) is 28.3. The van der Waals surface area contributed by atoms with Crippen LogP contribution in [0.25, 0.3) is 22.9 Å². The van der Waals surface area contributed by atoms with Crippen molar-refractivity contribution in [3.8, 4) is 5.69 Å². The standard InChI is InChI=1S/C25H22N2O5S/c1-4-31-24(30)17-9-11-19(12-10-17)27-15(2)13-18(16(27)3)14-22(23(28)29)33-25-26-20-7-5-6-8-21(20)32-25/h5-14H,4H2,1-3H3,(H,28,29)/b22-14-. The number of carboxylic acids is 1. The van der Waals surface area contributed by atoms with Crippen molar-refractivity contribution >= 4 is 40.9 Å². The van der Waals surface area contributed by atoms with Crippen LogP contribution >= 0.6 is 11.8 Å². The van der Waals surface area contributed by atoms with Crippen LogP contribution < -0.4 is 0 Å². The highest BCUT2D eigenvalue weighted by molar-refractivity contribution is 8.03. The van der Waals surface area contributed by atoms with Gasteiger partial charge in [0.05, 0.1) is 12.2 Å². The smallest absolute Gasteiger partial charge is 0.342 e. The van der Waals surface area contributed by atoms with Crippen LogP contribution in [0.3, 0.4) is 0 Å². The number of nitrogens with zero attached hydrogens (tertiary/aromatic N) is 2. The molecule has 0 aliphatic rings. The summed E-state index contributed by atoms with van der Waals surface area (Å²) in [6, 6.07) is 16.3. The number of benzene rings is 2. The number of aromatic nitrogens is 2. The van der Waals surface area contributed by atoms with Gasteiger partial charge in [0.25, 0.3) is 5.22 Å². The molecule has 0 atom stereocenters. The fourth-order valence-corrected chi connectivity index (χ4v) is 4.29. The van der Waals surface area contributed by atoms with Gasteiger partial charge in [0, 0.05) is 17.1 Å². The van der Waals surface area contributed by atoms with Gasteiger partial charge >= 0.3 is 11.9 Å². The SMILES string of the molecule is CCOC(=O)c1ccc(-n2c(C)cc(/C=C(\Sc3nc4ccccc4o3)C(=O)O)c2C)cc1. The molecule has 1 N–H and O–H groups in total. The molecule has 0 unspecified atom stereocenters. The van der Waals surface area contributed by atoms with E-state index in [1.54, 1.807) is 31.2 Å². The maximum atomic E-state index is 11.9. The van der Waals surface area contributed by atoms with Crippen LogP contribution in [0.2, 0.25) is 0 Å². The molecule has 4 aromatic rings.